The molecule has 0 spiro atoms. The van der Waals surface area contributed by atoms with Crippen molar-refractivity contribution in [3.8, 4) is 22.6 Å². The van der Waals surface area contributed by atoms with Crippen molar-refractivity contribution in [1.82, 2.24) is 0 Å². The van der Waals surface area contributed by atoms with E-state index in [-0.39, 0.29) is 5.56 Å². The summed E-state index contributed by atoms with van der Waals surface area (Å²) in [6.45, 7) is 0. The lowest BCUT2D eigenvalue weighted by Gasteiger charge is -2.28. The minimum atomic E-state index is -4.87. The zero-order chi connectivity index (χ0) is 32.9. The first-order valence-electron chi connectivity index (χ1n) is 12.2. The SMILES string of the molecule is FC1=C(F)C(F)(B(Oc2cccc(F)c2F)Oc2c(F)c(F)c(F)c3c2Cc2ccc(F)c(F)c2-3)c2c(F)c(F)c(F)c(F)c21. The second-order valence-corrected chi connectivity index (χ2v) is 9.66. The van der Waals surface area contributed by atoms with Crippen LogP contribution in [0.2, 0.25) is 0 Å². The molecule has 1 unspecified atom stereocenters. The number of rotatable bonds is 5. The molecule has 2 nitrogen and oxygen atoms in total. The highest BCUT2D eigenvalue weighted by atomic mass is 19.2. The normalized spacial score (nSPS) is 16.6. The molecule has 0 saturated heterocycles. The van der Waals surface area contributed by atoms with E-state index in [1.54, 1.807) is 0 Å². The van der Waals surface area contributed by atoms with Gasteiger partial charge in [0.1, 0.15) is 11.5 Å². The molecule has 0 heterocycles. The van der Waals surface area contributed by atoms with Gasteiger partial charge in [-0.15, -0.1) is 0 Å². The van der Waals surface area contributed by atoms with Crippen LogP contribution in [0.25, 0.3) is 17.0 Å². The van der Waals surface area contributed by atoms with E-state index in [1.165, 1.54) is 0 Å². The fourth-order valence-corrected chi connectivity index (χ4v) is 5.20. The molecule has 0 radical (unpaired) electrons. The summed E-state index contributed by atoms with van der Waals surface area (Å²) in [7, 11) is -3.66. The molecule has 0 N–H and O–H groups in total. The number of benzene rings is 4. The summed E-state index contributed by atoms with van der Waals surface area (Å²) in [5.41, 5.74) is -12.9. The summed E-state index contributed by atoms with van der Waals surface area (Å²) >= 11 is 0. The van der Waals surface area contributed by atoms with Crippen molar-refractivity contribution in [3.63, 3.8) is 0 Å². The molecule has 2 aliphatic carbocycles. The third kappa shape index (κ3) is 4.04. The Kier molecular flexibility index (Phi) is 6.86. The van der Waals surface area contributed by atoms with E-state index in [1.807, 2.05) is 0 Å². The van der Waals surface area contributed by atoms with Crippen molar-refractivity contribution in [2.75, 3.05) is 0 Å². The van der Waals surface area contributed by atoms with Gasteiger partial charge in [-0.3, -0.25) is 0 Å². The van der Waals surface area contributed by atoms with Gasteiger partial charge in [-0.25, -0.2) is 52.7 Å². The Balaban J connectivity index is 1.63. The van der Waals surface area contributed by atoms with Crippen LogP contribution in [-0.4, -0.2) is 7.12 Å². The number of hydrogen-bond donors (Lipinski definition) is 0. The van der Waals surface area contributed by atoms with E-state index < -0.39 is 134 Å². The first-order chi connectivity index (χ1) is 21.1. The molecule has 0 aliphatic heterocycles. The van der Waals surface area contributed by atoms with E-state index in [9.17, 15) is 48.3 Å². The van der Waals surface area contributed by atoms with Crippen molar-refractivity contribution in [3.05, 3.63) is 122 Å². The van der Waals surface area contributed by atoms with Crippen molar-refractivity contribution < 1.29 is 70.8 Å². The van der Waals surface area contributed by atoms with Gasteiger partial charge < -0.3 is 9.31 Å². The first kappa shape index (κ1) is 30.3. The van der Waals surface area contributed by atoms with Crippen LogP contribution in [0, 0.1) is 64.0 Å². The molecular weight excluding hydrogens is 645 g/mol. The number of allylic oxidation sites excluding steroid dienone is 1. The largest absolute Gasteiger partial charge is 0.647 e. The van der Waals surface area contributed by atoms with Gasteiger partial charge in [-0.2, -0.15) is 8.78 Å². The minimum absolute atomic E-state index is 0.338. The lowest BCUT2D eigenvalue weighted by Crippen LogP contribution is -2.50. The molecule has 45 heavy (non-hydrogen) atoms. The van der Waals surface area contributed by atoms with E-state index in [4.69, 9.17) is 9.31 Å². The highest BCUT2D eigenvalue weighted by Crippen LogP contribution is 2.54. The number of halogens is 14. The predicted octanol–water partition coefficient (Wildman–Crippen LogP) is 8.76. The van der Waals surface area contributed by atoms with Crippen LogP contribution in [0.1, 0.15) is 22.3 Å². The van der Waals surface area contributed by atoms with Crippen LogP contribution in [-0.2, 0) is 12.0 Å². The monoisotopic (exact) mass is 652 g/mol. The maximum Gasteiger partial charge on any atom is 0.647 e. The van der Waals surface area contributed by atoms with Crippen LogP contribution >= 0.6 is 0 Å². The molecule has 0 bridgehead atoms. The zero-order valence-electron chi connectivity index (χ0n) is 21.3. The van der Waals surface area contributed by atoms with Gasteiger partial charge in [0.2, 0.25) is 5.82 Å². The highest BCUT2D eigenvalue weighted by Gasteiger charge is 2.66. The molecule has 4 aromatic rings. The average Bonchev–Trinajstić information content (AvgIpc) is 3.49. The summed E-state index contributed by atoms with van der Waals surface area (Å²) in [4.78, 5) is 0. The summed E-state index contributed by atoms with van der Waals surface area (Å²) in [6.07, 6.45) is -0.849. The fourth-order valence-electron chi connectivity index (χ4n) is 5.20. The van der Waals surface area contributed by atoms with Crippen molar-refractivity contribution in [2.45, 2.75) is 12.0 Å². The Morgan fingerprint density at radius 2 is 1.16 bits per heavy atom. The minimum Gasteiger partial charge on any atom is -0.521 e. The molecule has 0 aromatic heterocycles. The van der Waals surface area contributed by atoms with Crippen LogP contribution in [0.4, 0.5) is 61.5 Å². The van der Waals surface area contributed by atoms with Gasteiger partial charge in [-0.1, -0.05) is 12.1 Å². The van der Waals surface area contributed by atoms with Gasteiger partial charge >= 0.3 is 7.12 Å². The molecule has 0 fully saturated rings. The standard InChI is InChI=1S/C28H7BF14O2/c30-9-2-1-3-11(16(9)32)44-29(28(43)15-14(20(36)27(28)42)19(35)22(38)24(40)21(15)37)45-26-8-6-7-4-5-10(31)17(33)12(7)13(8)18(34)23(39)25(26)41/h1-5H,6H2. The molecule has 0 saturated carbocycles. The summed E-state index contributed by atoms with van der Waals surface area (Å²) in [5.74, 6) is -34.0. The van der Waals surface area contributed by atoms with Gasteiger partial charge in [0.15, 0.2) is 69.8 Å². The molecular formula is C28H7BF14O2. The molecule has 0 amide bonds. The van der Waals surface area contributed by atoms with E-state index >= 15 is 13.2 Å². The predicted molar refractivity (Wildman–Crippen MR) is 126 cm³/mol. The lowest BCUT2D eigenvalue weighted by molar-refractivity contribution is 0.204. The second kappa shape index (κ2) is 10.2. The molecule has 6 rings (SSSR count). The number of hydrogen-bond acceptors (Lipinski definition) is 2. The summed E-state index contributed by atoms with van der Waals surface area (Å²) in [5, 5.41) is 0. The van der Waals surface area contributed by atoms with Crippen LogP contribution in [0.15, 0.2) is 36.2 Å². The molecule has 17 heteroatoms. The van der Waals surface area contributed by atoms with E-state index in [2.05, 4.69) is 0 Å². The van der Waals surface area contributed by atoms with Gasteiger partial charge in [0.05, 0.1) is 5.56 Å². The van der Waals surface area contributed by atoms with E-state index in [0.717, 1.165) is 6.07 Å². The van der Waals surface area contributed by atoms with Gasteiger partial charge in [-0.05, 0) is 23.8 Å². The summed E-state index contributed by atoms with van der Waals surface area (Å²) < 4.78 is 216. The topological polar surface area (TPSA) is 18.5 Å². The van der Waals surface area contributed by atoms with Crippen LogP contribution in [0.3, 0.4) is 0 Å². The molecule has 2 aliphatic rings. The highest BCUT2D eigenvalue weighted by molar-refractivity contribution is 6.51. The molecule has 232 valence electrons. The first-order valence-corrected chi connectivity index (χ1v) is 12.2. The van der Waals surface area contributed by atoms with Crippen molar-refractivity contribution in [1.29, 1.82) is 0 Å². The molecule has 1 atom stereocenters. The van der Waals surface area contributed by atoms with Gasteiger partial charge in [0.25, 0.3) is 5.57 Å². The second-order valence-electron chi connectivity index (χ2n) is 9.66. The average molecular weight is 652 g/mol. The van der Waals surface area contributed by atoms with Crippen LogP contribution < -0.4 is 9.31 Å². The number of fused-ring (bicyclic) bond motifs is 4. The Labute approximate surface area is 241 Å². The molecule has 4 aromatic carbocycles. The summed E-state index contributed by atoms with van der Waals surface area (Å²) in [6, 6.07) is 3.02. The van der Waals surface area contributed by atoms with E-state index in [0.29, 0.717) is 24.3 Å². The fraction of sp³-hybridized carbons (Fsp3) is 0.0714. The quantitative estimate of drug-likeness (QED) is 0.0819. The van der Waals surface area contributed by atoms with Gasteiger partial charge in [0, 0.05) is 28.7 Å². The zero-order valence-corrected chi connectivity index (χ0v) is 21.3. The Morgan fingerprint density at radius 3 is 1.84 bits per heavy atom. The third-order valence-corrected chi connectivity index (χ3v) is 7.24. The Morgan fingerprint density at radius 1 is 0.556 bits per heavy atom. The maximum absolute atomic E-state index is 16.8. The Bertz CT molecular complexity index is 2010. The van der Waals surface area contributed by atoms with Crippen molar-refractivity contribution >= 4 is 12.9 Å². The third-order valence-electron chi connectivity index (χ3n) is 7.24. The van der Waals surface area contributed by atoms with Crippen molar-refractivity contribution in [2.24, 2.45) is 0 Å². The Hall–Kier alpha value is -4.70. The maximum atomic E-state index is 16.8. The number of alkyl halides is 1. The van der Waals surface area contributed by atoms with Crippen LogP contribution in [0.5, 0.6) is 11.5 Å². The lowest BCUT2D eigenvalue weighted by atomic mass is 9.64. The smallest absolute Gasteiger partial charge is 0.521 e.